The van der Waals surface area contributed by atoms with Crippen molar-refractivity contribution in [1.82, 2.24) is 14.8 Å². The number of nitrogens with one attached hydrogen (secondary N) is 1. The van der Waals surface area contributed by atoms with Crippen LogP contribution >= 0.6 is 0 Å². The van der Waals surface area contributed by atoms with Gasteiger partial charge in [0.2, 0.25) is 10.0 Å². The molecule has 0 aliphatic carbocycles. The fraction of sp³-hybridized carbons (Fsp3) is 0.833. The topological polar surface area (TPSA) is 84.7 Å². The van der Waals surface area contributed by atoms with E-state index in [9.17, 15) is 8.42 Å². The molecular formula is C18H31N3O4S. The summed E-state index contributed by atoms with van der Waals surface area (Å²) in [6.45, 7) is 9.77. The Bertz CT molecular complexity index is 679. The molecule has 1 unspecified atom stereocenters. The Labute approximate surface area is 156 Å². The molecule has 0 aromatic carbocycles. The molecule has 1 spiro atoms. The first-order valence-electron chi connectivity index (χ1n) is 9.55. The molecule has 1 N–H and O–H groups in total. The van der Waals surface area contributed by atoms with Crippen LogP contribution in [0.25, 0.3) is 0 Å². The highest BCUT2D eigenvalue weighted by atomic mass is 32.2. The molecule has 0 bridgehead atoms. The van der Waals surface area contributed by atoms with E-state index in [4.69, 9.17) is 9.26 Å². The predicted molar refractivity (Wildman–Crippen MR) is 99.4 cm³/mol. The molecule has 8 heteroatoms. The van der Waals surface area contributed by atoms with Crippen LogP contribution in [0.15, 0.2) is 4.52 Å². The molecule has 2 aliphatic rings. The van der Waals surface area contributed by atoms with E-state index in [1.165, 1.54) is 5.56 Å². The second kappa shape index (κ2) is 7.96. The van der Waals surface area contributed by atoms with Crippen LogP contribution in [0, 0.1) is 19.3 Å². The monoisotopic (exact) mass is 385 g/mol. The van der Waals surface area contributed by atoms with Crippen LogP contribution in [0.5, 0.6) is 0 Å². The fourth-order valence-corrected chi connectivity index (χ4v) is 4.58. The normalized spacial score (nSPS) is 24.2. The maximum absolute atomic E-state index is 11.6. The molecule has 0 saturated carbocycles. The van der Waals surface area contributed by atoms with Gasteiger partial charge in [-0.3, -0.25) is 4.90 Å². The molecule has 3 heterocycles. The van der Waals surface area contributed by atoms with Crippen LogP contribution in [0.1, 0.15) is 49.6 Å². The van der Waals surface area contributed by atoms with Crippen molar-refractivity contribution in [2.45, 2.75) is 59.1 Å². The number of hydrogen-bond acceptors (Lipinski definition) is 6. The number of rotatable bonds is 6. The van der Waals surface area contributed by atoms with Gasteiger partial charge in [0.05, 0.1) is 24.2 Å². The van der Waals surface area contributed by atoms with Gasteiger partial charge in [-0.2, -0.15) is 0 Å². The first kappa shape index (κ1) is 19.8. The van der Waals surface area contributed by atoms with E-state index >= 15 is 0 Å². The molecule has 7 nitrogen and oxygen atoms in total. The Balaban J connectivity index is 1.45. The summed E-state index contributed by atoms with van der Waals surface area (Å²) in [4.78, 5) is 2.47. The van der Waals surface area contributed by atoms with Gasteiger partial charge in [-0.25, -0.2) is 13.1 Å². The predicted octanol–water partition coefficient (Wildman–Crippen LogP) is 1.99. The number of likely N-dealkylation sites (tertiary alicyclic amines) is 1. The van der Waals surface area contributed by atoms with Crippen molar-refractivity contribution in [1.29, 1.82) is 0 Å². The Morgan fingerprint density at radius 2 is 2.00 bits per heavy atom. The summed E-state index contributed by atoms with van der Waals surface area (Å²) in [6.07, 6.45) is 4.30. The lowest BCUT2D eigenvalue weighted by Gasteiger charge is -2.45. The number of nitrogens with zero attached hydrogens (tertiary/aromatic N) is 2. The lowest BCUT2D eigenvalue weighted by molar-refractivity contribution is -0.0837. The zero-order chi connectivity index (χ0) is 18.8. The van der Waals surface area contributed by atoms with E-state index in [2.05, 4.69) is 14.8 Å². The number of aromatic nitrogens is 1. The smallest absolute Gasteiger partial charge is 0.211 e. The summed E-state index contributed by atoms with van der Waals surface area (Å²) < 4.78 is 37.1. The Kier molecular flexibility index (Phi) is 6.06. The molecule has 1 aromatic rings. The van der Waals surface area contributed by atoms with Crippen LogP contribution in [0.4, 0.5) is 0 Å². The van der Waals surface area contributed by atoms with E-state index in [1.54, 1.807) is 6.92 Å². The van der Waals surface area contributed by atoms with Gasteiger partial charge in [-0.1, -0.05) is 5.16 Å². The Hall–Kier alpha value is -0.960. The van der Waals surface area contributed by atoms with Crippen molar-refractivity contribution in [2.24, 2.45) is 5.41 Å². The van der Waals surface area contributed by atoms with Crippen molar-refractivity contribution in [2.75, 3.05) is 32.0 Å². The zero-order valence-corrected chi connectivity index (χ0v) is 16.9. The van der Waals surface area contributed by atoms with Gasteiger partial charge in [0.15, 0.2) is 0 Å². The Morgan fingerprint density at radius 3 is 2.54 bits per heavy atom. The van der Waals surface area contributed by atoms with Crippen molar-refractivity contribution in [3.63, 3.8) is 0 Å². The van der Waals surface area contributed by atoms with Gasteiger partial charge >= 0.3 is 0 Å². The summed E-state index contributed by atoms with van der Waals surface area (Å²) in [6, 6.07) is 0. The molecule has 0 radical (unpaired) electrons. The largest absolute Gasteiger partial charge is 0.376 e. The summed E-state index contributed by atoms with van der Waals surface area (Å²) in [7, 11) is -3.14. The molecule has 1 aromatic heterocycles. The van der Waals surface area contributed by atoms with Crippen LogP contribution in [-0.4, -0.2) is 56.6 Å². The highest BCUT2D eigenvalue weighted by Crippen LogP contribution is 2.40. The number of hydrogen-bond donors (Lipinski definition) is 1. The van der Waals surface area contributed by atoms with E-state index in [0.717, 1.165) is 63.4 Å². The minimum atomic E-state index is -3.14. The van der Waals surface area contributed by atoms with Gasteiger partial charge in [0.1, 0.15) is 5.76 Å². The second-order valence-electron chi connectivity index (χ2n) is 7.80. The van der Waals surface area contributed by atoms with Gasteiger partial charge in [-0.15, -0.1) is 0 Å². The average molecular weight is 386 g/mol. The SMILES string of the molecule is CCS(=O)(=O)NCC1CCC2(CCN(Cc3c(C)noc3C)CC2)CO1. The minimum absolute atomic E-state index is 0.00211. The molecule has 2 aliphatic heterocycles. The van der Waals surface area contributed by atoms with Gasteiger partial charge in [0, 0.05) is 18.7 Å². The standard InChI is InChI=1S/C18H31N3O4S/c1-4-26(22,23)19-11-16-5-6-18(13-24-16)7-9-21(10-8-18)12-17-14(2)20-25-15(17)3/h16,19H,4-13H2,1-3H3. The van der Waals surface area contributed by atoms with Crippen LogP contribution < -0.4 is 4.72 Å². The van der Waals surface area contributed by atoms with E-state index in [0.29, 0.717) is 6.54 Å². The molecule has 26 heavy (non-hydrogen) atoms. The molecule has 2 fully saturated rings. The molecule has 148 valence electrons. The first-order chi connectivity index (χ1) is 12.3. The summed E-state index contributed by atoms with van der Waals surface area (Å²) in [5.74, 6) is 1.03. The third kappa shape index (κ3) is 4.65. The van der Waals surface area contributed by atoms with Gasteiger partial charge in [-0.05, 0) is 65.0 Å². The third-order valence-electron chi connectivity index (χ3n) is 6.01. The number of aryl methyl sites for hydroxylation is 2. The van der Waals surface area contributed by atoms with Gasteiger partial charge < -0.3 is 9.26 Å². The maximum atomic E-state index is 11.6. The third-order valence-corrected chi connectivity index (χ3v) is 7.38. The minimum Gasteiger partial charge on any atom is -0.376 e. The number of sulfonamides is 1. The average Bonchev–Trinajstić information content (AvgIpc) is 2.95. The van der Waals surface area contributed by atoms with E-state index in [-0.39, 0.29) is 17.3 Å². The van der Waals surface area contributed by atoms with Crippen molar-refractivity contribution in [3.8, 4) is 0 Å². The highest BCUT2D eigenvalue weighted by Gasteiger charge is 2.39. The van der Waals surface area contributed by atoms with Crippen LogP contribution in [0.2, 0.25) is 0 Å². The van der Waals surface area contributed by atoms with E-state index in [1.807, 2.05) is 13.8 Å². The summed E-state index contributed by atoms with van der Waals surface area (Å²) in [5, 5.41) is 4.04. The van der Waals surface area contributed by atoms with Gasteiger partial charge in [0.25, 0.3) is 0 Å². The molecule has 3 rings (SSSR count). The maximum Gasteiger partial charge on any atom is 0.211 e. The second-order valence-corrected chi connectivity index (χ2v) is 9.90. The lowest BCUT2D eigenvalue weighted by Crippen LogP contribution is -2.47. The van der Waals surface area contributed by atoms with E-state index < -0.39 is 10.0 Å². The highest BCUT2D eigenvalue weighted by molar-refractivity contribution is 7.89. The molecule has 0 amide bonds. The zero-order valence-electron chi connectivity index (χ0n) is 16.1. The van der Waals surface area contributed by atoms with Crippen LogP contribution in [0.3, 0.4) is 0 Å². The molecule has 1 atom stereocenters. The molecular weight excluding hydrogens is 354 g/mol. The number of ether oxygens (including phenoxy) is 1. The van der Waals surface area contributed by atoms with Crippen molar-refractivity contribution in [3.05, 3.63) is 17.0 Å². The summed E-state index contributed by atoms with van der Waals surface area (Å²) in [5.41, 5.74) is 2.46. The number of piperidine rings is 1. The summed E-state index contributed by atoms with van der Waals surface area (Å²) >= 11 is 0. The fourth-order valence-electron chi connectivity index (χ4n) is 3.93. The molecule has 2 saturated heterocycles. The first-order valence-corrected chi connectivity index (χ1v) is 11.2. The quantitative estimate of drug-likeness (QED) is 0.806. The lowest BCUT2D eigenvalue weighted by atomic mass is 9.73. The van der Waals surface area contributed by atoms with Crippen molar-refractivity contribution < 1.29 is 17.7 Å². The Morgan fingerprint density at radius 1 is 1.27 bits per heavy atom. The van der Waals surface area contributed by atoms with Crippen LogP contribution in [-0.2, 0) is 21.3 Å². The van der Waals surface area contributed by atoms with Crippen molar-refractivity contribution >= 4 is 10.0 Å².